The molecular formula is C45H86O5. The van der Waals surface area contributed by atoms with E-state index in [1.807, 2.05) is 0 Å². The van der Waals surface area contributed by atoms with Gasteiger partial charge in [-0.25, -0.2) is 0 Å². The largest absolute Gasteiger partial charge is 0.462 e. The lowest BCUT2D eigenvalue weighted by molar-refractivity contribution is -0.161. The van der Waals surface area contributed by atoms with Gasteiger partial charge in [0.25, 0.3) is 0 Å². The number of carbonyl (C=O) groups is 2. The van der Waals surface area contributed by atoms with Crippen molar-refractivity contribution in [2.24, 2.45) is 0 Å². The van der Waals surface area contributed by atoms with Gasteiger partial charge in [0.1, 0.15) is 6.61 Å². The summed E-state index contributed by atoms with van der Waals surface area (Å²) >= 11 is 0. The van der Waals surface area contributed by atoms with Crippen LogP contribution in [0, 0.1) is 0 Å². The quantitative estimate of drug-likeness (QED) is 0.0389. The average molecular weight is 707 g/mol. The van der Waals surface area contributed by atoms with Crippen LogP contribution in [0.1, 0.15) is 245 Å². The Balaban J connectivity index is 3.48. The molecule has 0 aliphatic rings. The van der Waals surface area contributed by atoms with Crippen LogP contribution < -0.4 is 0 Å². The minimum atomic E-state index is -0.766. The van der Waals surface area contributed by atoms with Crippen molar-refractivity contribution in [3.05, 3.63) is 12.2 Å². The van der Waals surface area contributed by atoms with E-state index in [-0.39, 0.29) is 25.2 Å². The number of esters is 2. The van der Waals surface area contributed by atoms with Crippen molar-refractivity contribution in [2.75, 3.05) is 13.2 Å². The van der Waals surface area contributed by atoms with Gasteiger partial charge in [-0.15, -0.1) is 0 Å². The van der Waals surface area contributed by atoms with Crippen molar-refractivity contribution < 1.29 is 24.2 Å². The molecule has 5 heteroatoms. The Kier molecular flexibility index (Phi) is 40.9. The van der Waals surface area contributed by atoms with Crippen molar-refractivity contribution in [3.8, 4) is 0 Å². The SMILES string of the molecule is CCCCCCCCC=CCCCCCCCCCCCC(=O)O[C@@H](CO)COC(=O)CCCCCCCCCCCCCCCCCCC. The third kappa shape index (κ3) is 39.4. The summed E-state index contributed by atoms with van der Waals surface area (Å²) in [4.78, 5) is 24.3. The fourth-order valence-electron chi connectivity index (χ4n) is 6.67. The molecule has 0 unspecified atom stereocenters. The molecule has 1 atom stereocenters. The lowest BCUT2D eigenvalue weighted by Gasteiger charge is -2.15. The van der Waals surface area contributed by atoms with Gasteiger partial charge < -0.3 is 14.6 Å². The molecule has 0 aromatic heterocycles. The van der Waals surface area contributed by atoms with E-state index in [0.29, 0.717) is 12.8 Å². The molecule has 0 fully saturated rings. The summed E-state index contributed by atoms with van der Waals surface area (Å²) in [6.07, 6.45) is 48.5. The number of aliphatic hydroxyl groups excluding tert-OH is 1. The highest BCUT2D eigenvalue weighted by Crippen LogP contribution is 2.16. The Morgan fingerprint density at radius 1 is 0.440 bits per heavy atom. The van der Waals surface area contributed by atoms with E-state index in [0.717, 1.165) is 32.1 Å². The maximum absolute atomic E-state index is 12.2. The molecule has 50 heavy (non-hydrogen) atoms. The number of ether oxygens (including phenoxy) is 2. The van der Waals surface area contributed by atoms with Crippen molar-refractivity contribution in [2.45, 2.75) is 251 Å². The third-order valence-corrected chi connectivity index (χ3v) is 10.1. The van der Waals surface area contributed by atoms with Gasteiger partial charge in [-0.1, -0.05) is 206 Å². The number of allylic oxidation sites excluding steroid dienone is 2. The summed E-state index contributed by atoms with van der Waals surface area (Å²) in [7, 11) is 0. The first kappa shape index (κ1) is 48.6. The van der Waals surface area contributed by atoms with E-state index in [1.165, 1.54) is 186 Å². The Morgan fingerprint density at radius 2 is 0.740 bits per heavy atom. The molecular weight excluding hydrogens is 620 g/mol. The number of carbonyl (C=O) groups excluding carboxylic acids is 2. The van der Waals surface area contributed by atoms with Crippen LogP contribution in [0.2, 0.25) is 0 Å². The predicted molar refractivity (Wildman–Crippen MR) is 215 cm³/mol. The molecule has 0 aliphatic heterocycles. The second-order valence-corrected chi connectivity index (χ2v) is 15.1. The first-order chi connectivity index (χ1) is 24.6. The smallest absolute Gasteiger partial charge is 0.306 e. The van der Waals surface area contributed by atoms with E-state index in [2.05, 4.69) is 26.0 Å². The molecule has 0 aromatic rings. The van der Waals surface area contributed by atoms with Crippen LogP contribution in [0.4, 0.5) is 0 Å². The number of hydrogen-bond acceptors (Lipinski definition) is 5. The maximum Gasteiger partial charge on any atom is 0.306 e. The Morgan fingerprint density at radius 3 is 1.08 bits per heavy atom. The van der Waals surface area contributed by atoms with Gasteiger partial charge >= 0.3 is 11.9 Å². The van der Waals surface area contributed by atoms with Crippen LogP contribution in [0.3, 0.4) is 0 Å². The highest BCUT2D eigenvalue weighted by molar-refractivity contribution is 5.70. The van der Waals surface area contributed by atoms with Gasteiger partial charge in [0.2, 0.25) is 0 Å². The molecule has 0 aliphatic carbocycles. The molecule has 0 radical (unpaired) electrons. The molecule has 0 aromatic carbocycles. The summed E-state index contributed by atoms with van der Waals surface area (Å²) in [5, 5.41) is 9.58. The number of hydrogen-bond donors (Lipinski definition) is 1. The predicted octanol–water partition coefficient (Wildman–Crippen LogP) is 14.1. The molecule has 0 saturated heterocycles. The van der Waals surface area contributed by atoms with Crippen molar-refractivity contribution in [1.29, 1.82) is 0 Å². The van der Waals surface area contributed by atoms with Gasteiger partial charge in [-0.2, -0.15) is 0 Å². The minimum Gasteiger partial charge on any atom is -0.462 e. The monoisotopic (exact) mass is 707 g/mol. The van der Waals surface area contributed by atoms with Crippen molar-refractivity contribution in [3.63, 3.8) is 0 Å². The Hall–Kier alpha value is -1.36. The van der Waals surface area contributed by atoms with Crippen molar-refractivity contribution in [1.82, 2.24) is 0 Å². The van der Waals surface area contributed by atoms with Gasteiger partial charge in [-0.05, 0) is 38.5 Å². The molecule has 0 bridgehead atoms. The molecule has 0 saturated carbocycles. The van der Waals surface area contributed by atoms with Crippen LogP contribution in [-0.2, 0) is 19.1 Å². The lowest BCUT2D eigenvalue weighted by atomic mass is 10.0. The third-order valence-electron chi connectivity index (χ3n) is 10.1. The molecule has 5 nitrogen and oxygen atoms in total. The lowest BCUT2D eigenvalue weighted by Crippen LogP contribution is -2.28. The van der Waals surface area contributed by atoms with E-state index in [9.17, 15) is 14.7 Å². The van der Waals surface area contributed by atoms with Gasteiger partial charge in [0, 0.05) is 12.8 Å². The van der Waals surface area contributed by atoms with Gasteiger partial charge in [0.15, 0.2) is 6.10 Å². The summed E-state index contributed by atoms with van der Waals surface area (Å²) in [5.41, 5.74) is 0. The highest BCUT2D eigenvalue weighted by atomic mass is 16.6. The number of aliphatic hydroxyl groups is 1. The maximum atomic E-state index is 12.2. The first-order valence-corrected chi connectivity index (χ1v) is 22.2. The van der Waals surface area contributed by atoms with E-state index in [4.69, 9.17) is 9.47 Å². The molecule has 296 valence electrons. The summed E-state index contributed by atoms with van der Waals surface area (Å²) in [6.45, 7) is 4.16. The zero-order valence-corrected chi connectivity index (χ0v) is 33.7. The van der Waals surface area contributed by atoms with E-state index < -0.39 is 6.10 Å². The summed E-state index contributed by atoms with van der Waals surface area (Å²) in [5.74, 6) is -0.578. The topological polar surface area (TPSA) is 72.8 Å². The summed E-state index contributed by atoms with van der Waals surface area (Å²) < 4.78 is 10.6. The second-order valence-electron chi connectivity index (χ2n) is 15.1. The average Bonchev–Trinajstić information content (AvgIpc) is 3.12. The fraction of sp³-hybridized carbons (Fsp3) is 0.911. The highest BCUT2D eigenvalue weighted by Gasteiger charge is 2.16. The van der Waals surface area contributed by atoms with Gasteiger partial charge in [-0.3, -0.25) is 9.59 Å². The van der Waals surface area contributed by atoms with Gasteiger partial charge in [0.05, 0.1) is 6.61 Å². The van der Waals surface area contributed by atoms with Crippen molar-refractivity contribution >= 4 is 11.9 Å². The van der Waals surface area contributed by atoms with Crippen LogP contribution in [0.15, 0.2) is 12.2 Å². The van der Waals surface area contributed by atoms with E-state index in [1.54, 1.807) is 0 Å². The minimum absolute atomic E-state index is 0.0600. The van der Waals surface area contributed by atoms with E-state index >= 15 is 0 Å². The second kappa shape index (κ2) is 42.1. The fourth-order valence-corrected chi connectivity index (χ4v) is 6.67. The molecule has 0 amide bonds. The molecule has 1 N–H and O–H groups in total. The van der Waals surface area contributed by atoms with Crippen LogP contribution in [-0.4, -0.2) is 36.4 Å². The van der Waals surface area contributed by atoms with Crippen LogP contribution >= 0.6 is 0 Å². The standard InChI is InChI=1S/C45H86O5/c1-3-5-7-9-11-13-15-17-19-21-22-24-26-28-30-32-34-36-38-40-45(48)50-43(41-46)42-49-44(47)39-37-35-33-31-29-27-25-23-20-18-16-14-12-10-8-6-4-2/h17,19,43,46H,3-16,18,20-42H2,1-2H3/t43-/m0/s1. The zero-order chi connectivity index (χ0) is 36.4. The molecule has 0 heterocycles. The number of rotatable bonds is 41. The number of unbranched alkanes of at least 4 members (excludes halogenated alkanes) is 31. The zero-order valence-electron chi connectivity index (χ0n) is 33.7. The summed E-state index contributed by atoms with van der Waals surface area (Å²) in [6, 6.07) is 0. The Labute approximate surface area is 311 Å². The first-order valence-electron chi connectivity index (χ1n) is 22.2. The molecule has 0 rings (SSSR count). The normalized spacial score (nSPS) is 12.1. The Bertz CT molecular complexity index is 720. The molecule has 0 spiro atoms. The van der Waals surface area contributed by atoms with Crippen LogP contribution in [0.5, 0.6) is 0 Å². The van der Waals surface area contributed by atoms with Crippen LogP contribution in [0.25, 0.3) is 0 Å².